The van der Waals surface area contributed by atoms with Gasteiger partial charge in [-0.2, -0.15) is 0 Å². The number of carbonyl (C=O) groups excluding carboxylic acids is 1. The number of hydrogen-bond donors (Lipinski definition) is 2. The summed E-state index contributed by atoms with van der Waals surface area (Å²) in [7, 11) is 0. The number of carboxylic acid groups (broad SMARTS) is 1. The molecule has 1 rings (SSSR count). The van der Waals surface area contributed by atoms with Gasteiger partial charge in [0.1, 0.15) is 0 Å². The van der Waals surface area contributed by atoms with Crippen LogP contribution in [-0.4, -0.2) is 30.2 Å². The van der Waals surface area contributed by atoms with Gasteiger partial charge in [0.15, 0.2) is 0 Å². The number of benzene rings is 1. The van der Waals surface area contributed by atoms with Gasteiger partial charge in [0, 0.05) is 18.8 Å². The van der Waals surface area contributed by atoms with Crippen molar-refractivity contribution in [2.45, 2.75) is 26.7 Å². The SMILES string of the molecule is CCCNC(=O)N(CCC(=O)O)c1ccccc1C. The molecule has 0 unspecified atom stereocenters. The third kappa shape index (κ3) is 4.62. The lowest BCUT2D eigenvalue weighted by atomic mass is 10.2. The Hall–Kier alpha value is -2.04. The van der Waals surface area contributed by atoms with Gasteiger partial charge in [-0.3, -0.25) is 9.69 Å². The molecule has 0 atom stereocenters. The highest BCUT2D eigenvalue weighted by Crippen LogP contribution is 2.19. The maximum atomic E-state index is 12.1. The topological polar surface area (TPSA) is 69.6 Å². The Kier molecular flexibility index (Phi) is 5.85. The standard InChI is InChI=1S/C14H20N2O3/c1-3-9-15-14(19)16(10-8-13(17)18)12-7-5-4-6-11(12)2/h4-7H,3,8-10H2,1-2H3,(H,15,19)(H,17,18). The van der Waals surface area contributed by atoms with Crippen molar-refractivity contribution >= 4 is 17.7 Å². The molecule has 0 aliphatic heterocycles. The summed E-state index contributed by atoms with van der Waals surface area (Å²) in [5, 5.41) is 11.6. The van der Waals surface area contributed by atoms with E-state index in [1.165, 1.54) is 4.90 Å². The number of rotatable bonds is 6. The number of nitrogens with one attached hydrogen (secondary N) is 1. The molecule has 0 saturated carbocycles. The molecule has 0 aliphatic rings. The van der Waals surface area contributed by atoms with Crippen molar-refractivity contribution in [3.63, 3.8) is 0 Å². The van der Waals surface area contributed by atoms with E-state index >= 15 is 0 Å². The average molecular weight is 264 g/mol. The number of carbonyl (C=O) groups is 2. The summed E-state index contributed by atoms with van der Waals surface area (Å²) >= 11 is 0. The summed E-state index contributed by atoms with van der Waals surface area (Å²) in [5.74, 6) is -0.915. The fourth-order valence-corrected chi connectivity index (χ4v) is 1.73. The van der Waals surface area contributed by atoms with Crippen molar-refractivity contribution in [2.75, 3.05) is 18.0 Å². The second kappa shape index (κ2) is 7.41. The maximum absolute atomic E-state index is 12.1. The Morgan fingerprint density at radius 3 is 2.58 bits per heavy atom. The van der Waals surface area contributed by atoms with Crippen LogP contribution in [0.3, 0.4) is 0 Å². The Morgan fingerprint density at radius 2 is 2.00 bits per heavy atom. The number of para-hydroxylation sites is 1. The number of anilines is 1. The van der Waals surface area contributed by atoms with E-state index < -0.39 is 5.97 Å². The van der Waals surface area contributed by atoms with Gasteiger partial charge in [0.25, 0.3) is 0 Å². The van der Waals surface area contributed by atoms with Gasteiger partial charge < -0.3 is 10.4 Å². The number of urea groups is 1. The first-order chi connectivity index (χ1) is 9.06. The van der Waals surface area contributed by atoms with Crippen molar-refractivity contribution in [2.24, 2.45) is 0 Å². The highest BCUT2D eigenvalue weighted by atomic mass is 16.4. The quantitative estimate of drug-likeness (QED) is 0.829. The van der Waals surface area contributed by atoms with E-state index in [2.05, 4.69) is 5.32 Å². The Labute approximate surface area is 113 Å². The molecular weight excluding hydrogens is 244 g/mol. The molecule has 0 bridgehead atoms. The number of nitrogens with zero attached hydrogens (tertiary/aromatic N) is 1. The predicted octanol–water partition coefficient (Wildman–Crippen LogP) is 2.40. The summed E-state index contributed by atoms with van der Waals surface area (Å²) in [5.41, 5.74) is 1.69. The van der Waals surface area contributed by atoms with Crippen LogP contribution < -0.4 is 10.2 Å². The first kappa shape index (κ1) is 15.0. The zero-order chi connectivity index (χ0) is 14.3. The summed E-state index contributed by atoms with van der Waals surface area (Å²) in [6.45, 7) is 4.61. The molecule has 0 fully saturated rings. The molecule has 5 nitrogen and oxygen atoms in total. The van der Waals surface area contributed by atoms with E-state index in [1.54, 1.807) is 0 Å². The van der Waals surface area contributed by atoms with E-state index in [0.29, 0.717) is 6.54 Å². The van der Waals surface area contributed by atoms with Crippen molar-refractivity contribution in [1.29, 1.82) is 0 Å². The van der Waals surface area contributed by atoms with Crippen molar-refractivity contribution < 1.29 is 14.7 Å². The highest BCUT2D eigenvalue weighted by Gasteiger charge is 2.17. The van der Waals surface area contributed by atoms with Crippen LogP contribution in [0.4, 0.5) is 10.5 Å². The fraction of sp³-hybridized carbons (Fsp3) is 0.429. The molecule has 104 valence electrons. The monoisotopic (exact) mass is 264 g/mol. The summed E-state index contributed by atoms with van der Waals surface area (Å²) in [6, 6.07) is 7.19. The van der Waals surface area contributed by atoms with Gasteiger partial charge in [-0.1, -0.05) is 25.1 Å². The van der Waals surface area contributed by atoms with E-state index in [1.807, 2.05) is 38.1 Å². The minimum absolute atomic E-state index is 0.0755. The third-order valence-corrected chi connectivity index (χ3v) is 2.73. The second-order valence-electron chi connectivity index (χ2n) is 4.31. The van der Waals surface area contributed by atoms with Gasteiger partial charge in [-0.05, 0) is 25.0 Å². The van der Waals surface area contributed by atoms with E-state index in [-0.39, 0.29) is 19.0 Å². The number of hydrogen-bond acceptors (Lipinski definition) is 2. The Morgan fingerprint density at radius 1 is 1.32 bits per heavy atom. The molecule has 0 heterocycles. The van der Waals surface area contributed by atoms with Gasteiger partial charge >= 0.3 is 12.0 Å². The molecule has 2 N–H and O–H groups in total. The third-order valence-electron chi connectivity index (χ3n) is 2.73. The van der Waals surface area contributed by atoms with Crippen LogP contribution in [0.5, 0.6) is 0 Å². The number of aryl methyl sites for hydroxylation is 1. The summed E-state index contributed by atoms with van der Waals surface area (Å²) in [4.78, 5) is 24.3. The molecule has 19 heavy (non-hydrogen) atoms. The van der Waals surface area contributed by atoms with Gasteiger partial charge in [-0.15, -0.1) is 0 Å². The molecular formula is C14H20N2O3. The number of carboxylic acids is 1. The zero-order valence-corrected chi connectivity index (χ0v) is 11.3. The van der Waals surface area contributed by atoms with Crippen LogP contribution in [-0.2, 0) is 4.79 Å². The van der Waals surface area contributed by atoms with E-state index in [4.69, 9.17) is 5.11 Å². The molecule has 0 aromatic heterocycles. The summed E-state index contributed by atoms with van der Waals surface area (Å²) in [6.07, 6.45) is 0.764. The molecule has 1 aromatic carbocycles. The second-order valence-corrected chi connectivity index (χ2v) is 4.31. The molecule has 0 spiro atoms. The van der Waals surface area contributed by atoms with Gasteiger partial charge in [0.2, 0.25) is 0 Å². The van der Waals surface area contributed by atoms with Crippen molar-refractivity contribution in [3.05, 3.63) is 29.8 Å². The molecule has 2 amide bonds. The van der Waals surface area contributed by atoms with Gasteiger partial charge in [-0.25, -0.2) is 4.79 Å². The lowest BCUT2D eigenvalue weighted by Gasteiger charge is -2.24. The van der Waals surface area contributed by atoms with Crippen LogP contribution in [0.15, 0.2) is 24.3 Å². The van der Waals surface area contributed by atoms with E-state index in [9.17, 15) is 9.59 Å². The van der Waals surface area contributed by atoms with Crippen molar-refractivity contribution in [3.8, 4) is 0 Å². The predicted molar refractivity (Wildman–Crippen MR) is 74.5 cm³/mol. The van der Waals surface area contributed by atoms with E-state index in [0.717, 1.165) is 17.7 Å². The normalized spacial score (nSPS) is 10.0. The van der Waals surface area contributed by atoms with Gasteiger partial charge in [0.05, 0.1) is 6.42 Å². The number of aliphatic carboxylic acids is 1. The lowest BCUT2D eigenvalue weighted by molar-refractivity contribution is -0.136. The van der Waals surface area contributed by atoms with Crippen molar-refractivity contribution in [1.82, 2.24) is 5.32 Å². The minimum Gasteiger partial charge on any atom is -0.481 e. The van der Waals surface area contributed by atoms with Crippen LogP contribution >= 0.6 is 0 Å². The molecule has 1 aromatic rings. The molecule has 0 aliphatic carbocycles. The van der Waals surface area contributed by atoms with Crippen LogP contribution in [0.1, 0.15) is 25.3 Å². The van der Waals surface area contributed by atoms with Crippen LogP contribution in [0.2, 0.25) is 0 Å². The Balaban J connectivity index is 2.88. The number of amides is 2. The van der Waals surface area contributed by atoms with Crippen LogP contribution in [0, 0.1) is 6.92 Å². The molecule has 5 heteroatoms. The zero-order valence-electron chi connectivity index (χ0n) is 11.3. The smallest absolute Gasteiger partial charge is 0.321 e. The lowest BCUT2D eigenvalue weighted by Crippen LogP contribution is -2.41. The average Bonchev–Trinajstić information content (AvgIpc) is 2.38. The largest absolute Gasteiger partial charge is 0.481 e. The van der Waals surface area contributed by atoms with Crippen LogP contribution in [0.25, 0.3) is 0 Å². The fourth-order valence-electron chi connectivity index (χ4n) is 1.73. The highest BCUT2D eigenvalue weighted by molar-refractivity contribution is 5.93. The first-order valence-corrected chi connectivity index (χ1v) is 6.39. The first-order valence-electron chi connectivity index (χ1n) is 6.39. The minimum atomic E-state index is -0.915. The summed E-state index contributed by atoms with van der Waals surface area (Å²) < 4.78 is 0. The molecule has 0 saturated heterocycles. The molecule has 0 radical (unpaired) electrons. The Bertz CT molecular complexity index is 446. The maximum Gasteiger partial charge on any atom is 0.321 e.